The lowest BCUT2D eigenvalue weighted by atomic mass is 10.0. The Balaban J connectivity index is 0.000000216. The van der Waals surface area contributed by atoms with Crippen molar-refractivity contribution in [1.29, 1.82) is 0 Å². The molecule has 0 unspecified atom stereocenters. The van der Waals surface area contributed by atoms with Crippen molar-refractivity contribution in [2.45, 2.75) is 41.8 Å². The highest BCUT2D eigenvalue weighted by Crippen LogP contribution is 2.42. The normalized spacial score (nSPS) is 23.6. The van der Waals surface area contributed by atoms with Gasteiger partial charge in [-0.2, -0.15) is 0 Å². The van der Waals surface area contributed by atoms with Gasteiger partial charge in [0, 0.05) is 11.5 Å². The molecule has 49 heavy (non-hydrogen) atoms. The zero-order valence-electron chi connectivity index (χ0n) is 25.7. The number of nitrogens with two attached hydrogens (primary N) is 2. The van der Waals surface area contributed by atoms with Gasteiger partial charge in [0.2, 0.25) is 11.8 Å². The molecule has 0 bridgehead atoms. The van der Waals surface area contributed by atoms with Gasteiger partial charge in [0.15, 0.2) is 0 Å². The lowest BCUT2D eigenvalue weighted by Gasteiger charge is -2.49. The summed E-state index contributed by atoms with van der Waals surface area (Å²) in [4.78, 5) is 74.1. The van der Waals surface area contributed by atoms with Crippen LogP contribution in [0.1, 0.15) is 30.1 Å². The van der Waals surface area contributed by atoms with Gasteiger partial charge in [-0.25, -0.2) is 9.59 Å². The van der Waals surface area contributed by atoms with E-state index in [1.807, 2.05) is 12.1 Å². The van der Waals surface area contributed by atoms with Crippen LogP contribution in [-0.2, 0) is 28.8 Å². The minimum Gasteiger partial charge on any atom is -0.477 e. The Hall–Kier alpha value is -4.39. The molecule has 0 radical (unpaired) electrons. The molecule has 0 saturated carbocycles. The number of carboxylic acid groups (broad SMARTS) is 2. The molecule has 18 heteroatoms. The molecular formula is C31H33ClN6O9S2. The van der Waals surface area contributed by atoms with Crippen LogP contribution in [0, 0.1) is 0 Å². The molecule has 0 aromatic heterocycles. The molecule has 4 heterocycles. The maximum Gasteiger partial charge on any atom is 0.353 e. The molecule has 15 nitrogen and oxygen atoms in total. The van der Waals surface area contributed by atoms with Crippen molar-refractivity contribution in [2.75, 3.05) is 11.5 Å². The number of β-lactam (4-membered cyclic amide) rings is 2. The van der Waals surface area contributed by atoms with Crippen LogP contribution in [0.3, 0.4) is 0 Å². The summed E-state index contributed by atoms with van der Waals surface area (Å²) < 4.78 is 0. The summed E-state index contributed by atoms with van der Waals surface area (Å²) in [6.07, 6.45) is 0. The van der Waals surface area contributed by atoms with Gasteiger partial charge >= 0.3 is 11.9 Å². The Morgan fingerprint density at radius 3 is 1.55 bits per heavy atom. The molecule has 4 aliphatic heterocycles. The highest BCUT2D eigenvalue weighted by Gasteiger charge is 2.55. The molecular weight excluding hydrogens is 700 g/mol. The standard InChI is InChI=1S/C16H17N3O4S.C15H14ClN3O4S.H2O/c1-8-7-24-15-11(14(21)19(15)12(8)16(22)23)18-13(20)10(17)9-5-3-2-4-6-9;16-8-6-24-14-10(13(21)19(14)11(8)15(22)23)18-12(20)9(17)7-4-2-1-3-5-7;/h2-6,10-11,15H,7,17H2,1H3,(H,18,20)(H,22,23);1-5,9-10,14H,6,17H2,(H,18,20)(H,22,23);1H2/t10-,11-,15-;9-,10-,14-;/m11./s1. The predicted molar refractivity (Wildman–Crippen MR) is 181 cm³/mol. The van der Waals surface area contributed by atoms with E-state index in [9.17, 15) is 39.0 Å². The SMILES string of the molecule is CC1=C(C(=O)O)N2C(=O)[C@@H](NC(=O)[C@H](N)c3ccccc3)[C@H]2SC1.N[C@@H](C(=O)N[C@@H]1C(=O)N2C(C(=O)O)=C(Cl)CS[C@H]12)c1ccccc1.O. The fraction of sp³-hybridized carbons (Fsp3) is 0.290. The van der Waals surface area contributed by atoms with Gasteiger partial charge in [-0.1, -0.05) is 72.3 Å². The Labute approximate surface area is 293 Å². The number of fused-ring (bicyclic) bond motifs is 2. The molecule has 2 saturated heterocycles. The second-order valence-electron chi connectivity index (χ2n) is 11.1. The van der Waals surface area contributed by atoms with Gasteiger partial charge in [0.1, 0.15) is 46.3 Å². The lowest BCUT2D eigenvalue weighted by Crippen LogP contribution is -2.71. The van der Waals surface area contributed by atoms with Crippen LogP contribution in [0.2, 0.25) is 0 Å². The number of aliphatic carboxylic acids is 2. The first-order valence-electron chi connectivity index (χ1n) is 14.5. The summed E-state index contributed by atoms with van der Waals surface area (Å²) in [5, 5.41) is 23.0. The van der Waals surface area contributed by atoms with Gasteiger partial charge in [-0.05, 0) is 23.6 Å². The zero-order chi connectivity index (χ0) is 34.9. The van der Waals surface area contributed by atoms with Crippen molar-refractivity contribution in [2.24, 2.45) is 11.5 Å². The number of carboxylic acids is 2. The number of thioether (sulfide) groups is 2. The first kappa shape index (κ1) is 37.4. The van der Waals surface area contributed by atoms with E-state index in [1.54, 1.807) is 55.5 Å². The van der Waals surface area contributed by atoms with Gasteiger partial charge in [0.25, 0.3) is 11.8 Å². The first-order valence-corrected chi connectivity index (χ1v) is 17.0. The second-order valence-corrected chi connectivity index (χ2v) is 13.7. The number of carbonyl (C=O) groups excluding carboxylic acids is 4. The molecule has 6 rings (SSSR count). The maximum atomic E-state index is 12.3. The van der Waals surface area contributed by atoms with Crippen LogP contribution in [-0.4, -0.2) is 95.4 Å². The topological polar surface area (TPSA) is 257 Å². The lowest BCUT2D eigenvalue weighted by molar-refractivity contribution is -0.150. The number of rotatable bonds is 8. The molecule has 4 amide bonds. The van der Waals surface area contributed by atoms with E-state index in [0.29, 0.717) is 22.5 Å². The summed E-state index contributed by atoms with van der Waals surface area (Å²) in [6, 6.07) is 14.3. The number of benzene rings is 2. The van der Waals surface area contributed by atoms with Crippen molar-refractivity contribution in [3.05, 3.63) is 93.8 Å². The number of nitrogens with one attached hydrogen (secondary N) is 2. The molecule has 4 aliphatic rings. The van der Waals surface area contributed by atoms with Crippen LogP contribution >= 0.6 is 35.1 Å². The predicted octanol–water partition coefficient (Wildman–Crippen LogP) is 0.242. The minimum absolute atomic E-state index is 0. The smallest absolute Gasteiger partial charge is 0.353 e. The van der Waals surface area contributed by atoms with E-state index in [-0.39, 0.29) is 27.7 Å². The first-order chi connectivity index (χ1) is 22.8. The third-order valence-electron chi connectivity index (χ3n) is 7.96. The maximum absolute atomic E-state index is 12.3. The molecule has 260 valence electrons. The average molecular weight is 733 g/mol. The van der Waals surface area contributed by atoms with Crippen molar-refractivity contribution in [1.82, 2.24) is 20.4 Å². The van der Waals surface area contributed by atoms with Gasteiger partial charge in [-0.15, -0.1) is 23.5 Å². The Kier molecular flexibility index (Phi) is 11.8. The number of hydrogen-bond donors (Lipinski definition) is 6. The Bertz CT molecular complexity index is 1600. The van der Waals surface area contributed by atoms with E-state index in [4.69, 9.17) is 23.1 Å². The highest BCUT2D eigenvalue weighted by atomic mass is 35.5. The van der Waals surface area contributed by atoms with Crippen molar-refractivity contribution >= 4 is 70.7 Å². The Morgan fingerprint density at radius 2 is 1.14 bits per heavy atom. The molecule has 10 N–H and O–H groups in total. The van der Waals surface area contributed by atoms with E-state index in [1.165, 1.54) is 28.4 Å². The summed E-state index contributed by atoms with van der Waals surface area (Å²) in [5.74, 6) is -3.47. The van der Waals surface area contributed by atoms with Crippen LogP contribution < -0.4 is 22.1 Å². The van der Waals surface area contributed by atoms with Crippen molar-refractivity contribution in [3.63, 3.8) is 0 Å². The zero-order valence-corrected chi connectivity index (χ0v) is 28.1. The van der Waals surface area contributed by atoms with Gasteiger partial charge < -0.3 is 37.8 Å². The van der Waals surface area contributed by atoms with Crippen LogP contribution in [0.4, 0.5) is 0 Å². The number of carbonyl (C=O) groups is 6. The fourth-order valence-corrected chi connectivity index (χ4v) is 8.31. The van der Waals surface area contributed by atoms with E-state index in [2.05, 4.69) is 10.6 Å². The van der Waals surface area contributed by atoms with Gasteiger partial charge in [-0.3, -0.25) is 29.0 Å². The quantitative estimate of drug-likeness (QED) is 0.200. The molecule has 2 aromatic carbocycles. The monoisotopic (exact) mass is 732 g/mol. The summed E-state index contributed by atoms with van der Waals surface area (Å²) in [5.41, 5.74) is 13.6. The third-order valence-corrected chi connectivity index (χ3v) is 11.1. The molecule has 2 aromatic rings. The number of hydrogen-bond acceptors (Lipinski definition) is 10. The minimum atomic E-state index is -1.26. The van der Waals surface area contributed by atoms with Crippen LogP contribution in [0.15, 0.2) is 82.7 Å². The third kappa shape index (κ3) is 7.31. The summed E-state index contributed by atoms with van der Waals surface area (Å²) in [7, 11) is 0. The van der Waals surface area contributed by atoms with Crippen LogP contribution in [0.25, 0.3) is 0 Å². The van der Waals surface area contributed by atoms with E-state index in [0.717, 1.165) is 4.90 Å². The number of nitrogens with zero attached hydrogens (tertiary/aromatic N) is 2. The van der Waals surface area contributed by atoms with Crippen molar-refractivity contribution < 1.29 is 44.5 Å². The summed E-state index contributed by atoms with van der Waals surface area (Å²) >= 11 is 8.63. The number of halogens is 1. The second kappa shape index (κ2) is 15.4. The molecule has 6 atom stereocenters. The van der Waals surface area contributed by atoms with Crippen molar-refractivity contribution in [3.8, 4) is 0 Å². The highest BCUT2D eigenvalue weighted by molar-refractivity contribution is 8.00. The molecule has 2 fully saturated rings. The Morgan fingerprint density at radius 1 is 0.755 bits per heavy atom. The largest absolute Gasteiger partial charge is 0.477 e. The fourth-order valence-electron chi connectivity index (χ4n) is 5.47. The number of amides is 4. The molecule has 0 spiro atoms. The van der Waals surface area contributed by atoms with E-state index >= 15 is 0 Å². The van der Waals surface area contributed by atoms with Crippen LogP contribution in [0.5, 0.6) is 0 Å². The van der Waals surface area contributed by atoms with Gasteiger partial charge in [0.05, 0.1) is 5.03 Å². The summed E-state index contributed by atoms with van der Waals surface area (Å²) in [6.45, 7) is 1.69. The van der Waals surface area contributed by atoms with E-state index < -0.39 is 70.5 Å². The molecule has 0 aliphatic carbocycles. The average Bonchev–Trinajstić information content (AvgIpc) is 3.09.